The third-order valence-corrected chi connectivity index (χ3v) is 3.90. The molecule has 1 aliphatic heterocycles. The lowest BCUT2D eigenvalue weighted by Gasteiger charge is -2.11. The van der Waals surface area contributed by atoms with E-state index in [0.29, 0.717) is 11.8 Å². The van der Waals surface area contributed by atoms with Crippen LogP contribution in [0.25, 0.3) is 0 Å². The molecule has 0 aromatic heterocycles. The van der Waals surface area contributed by atoms with E-state index in [0.717, 1.165) is 11.4 Å². The molecule has 19 heavy (non-hydrogen) atoms. The maximum atomic E-state index is 4.48. The van der Waals surface area contributed by atoms with Gasteiger partial charge >= 0.3 is 0 Å². The molecule has 1 heterocycles. The quantitative estimate of drug-likeness (QED) is 0.774. The highest BCUT2D eigenvalue weighted by Crippen LogP contribution is 2.46. The normalized spacial score (nSPS) is 24.2. The van der Waals surface area contributed by atoms with E-state index in [9.17, 15) is 0 Å². The lowest BCUT2D eigenvalue weighted by molar-refractivity contribution is 0.999. The fourth-order valence-corrected chi connectivity index (χ4v) is 2.82. The zero-order valence-corrected chi connectivity index (χ0v) is 10.5. The van der Waals surface area contributed by atoms with Crippen LogP contribution in [0.2, 0.25) is 0 Å². The molecule has 2 aliphatic rings. The van der Waals surface area contributed by atoms with Crippen LogP contribution in [0.1, 0.15) is 17.5 Å². The number of fused-ring (bicyclic) bond motifs is 1. The minimum Gasteiger partial charge on any atom is -0.154 e. The highest BCUT2D eigenvalue weighted by molar-refractivity contribution is 6.14. The average Bonchev–Trinajstić information content (AvgIpc) is 3.28. The van der Waals surface area contributed by atoms with Gasteiger partial charge in [0.2, 0.25) is 0 Å². The number of hydrogen-bond acceptors (Lipinski definition) is 2. The van der Waals surface area contributed by atoms with E-state index >= 15 is 0 Å². The van der Waals surface area contributed by atoms with Crippen molar-refractivity contribution in [3.63, 3.8) is 0 Å². The van der Waals surface area contributed by atoms with E-state index in [-0.39, 0.29) is 0 Å². The molecule has 1 fully saturated rings. The first-order valence-electron chi connectivity index (χ1n) is 6.70. The molecule has 2 heteroatoms. The molecule has 0 bridgehead atoms. The van der Waals surface area contributed by atoms with Gasteiger partial charge in [0.25, 0.3) is 0 Å². The lowest BCUT2D eigenvalue weighted by atomic mass is 9.99. The molecule has 2 aromatic carbocycles. The molecule has 0 N–H and O–H groups in total. The summed E-state index contributed by atoms with van der Waals surface area (Å²) >= 11 is 0. The Bertz CT molecular complexity index is 597. The summed E-state index contributed by atoms with van der Waals surface area (Å²) in [5, 5.41) is 8.97. The van der Waals surface area contributed by atoms with Crippen molar-refractivity contribution in [2.75, 3.05) is 0 Å². The van der Waals surface area contributed by atoms with Crippen molar-refractivity contribution in [3.8, 4) is 0 Å². The highest BCUT2D eigenvalue weighted by atomic mass is 15.2. The molecule has 92 valence electrons. The Balaban J connectivity index is 1.73. The molecule has 0 radical (unpaired) electrons. The Hall–Kier alpha value is -2.22. The summed E-state index contributed by atoms with van der Waals surface area (Å²) in [5.41, 5.74) is 4.74. The van der Waals surface area contributed by atoms with Gasteiger partial charge in [0, 0.05) is 11.8 Å². The molecule has 2 nitrogen and oxygen atoms in total. The van der Waals surface area contributed by atoms with Gasteiger partial charge in [-0.25, -0.2) is 0 Å². The first-order chi connectivity index (χ1) is 9.43. The fourth-order valence-electron chi connectivity index (χ4n) is 2.82. The van der Waals surface area contributed by atoms with Crippen LogP contribution in [-0.4, -0.2) is 11.4 Å². The first-order valence-corrected chi connectivity index (χ1v) is 6.70. The van der Waals surface area contributed by atoms with Crippen LogP contribution in [0.5, 0.6) is 0 Å². The zero-order valence-electron chi connectivity index (χ0n) is 10.5. The first kappa shape index (κ1) is 10.7. The average molecular weight is 246 g/mol. The number of hydrogen-bond donors (Lipinski definition) is 0. The Kier molecular flexibility index (Phi) is 2.34. The topological polar surface area (TPSA) is 24.7 Å². The largest absolute Gasteiger partial charge is 0.154 e. The molecule has 1 aliphatic carbocycles. The van der Waals surface area contributed by atoms with Crippen LogP contribution in [-0.2, 0) is 0 Å². The maximum absolute atomic E-state index is 4.48. The van der Waals surface area contributed by atoms with Crippen LogP contribution in [0, 0.1) is 11.8 Å². The van der Waals surface area contributed by atoms with Crippen LogP contribution < -0.4 is 0 Å². The van der Waals surface area contributed by atoms with Gasteiger partial charge in [0.05, 0.1) is 11.4 Å². The molecule has 2 atom stereocenters. The standard InChI is InChI=1S/C17H14N2/c1-3-7-12(8-4-1)16-14-11-15(14)17(19-18-16)13-9-5-2-6-10-13/h1-10,14-15H,11H2/t14-,15-/m1/s1. The molecule has 0 spiro atoms. The van der Waals surface area contributed by atoms with E-state index < -0.39 is 0 Å². The zero-order chi connectivity index (χ0) is 12.7. The van der Waals surface area contributed by atoms with E-state index in [4.69, 9.17) is 0 Å². The summed E-state index contributed by atoms with van der Waals surface area (Å²) in [5.74, 6) is 1.13. The molecular formula is C17H14N2. The van der Waals surface area contributed by atoms with E-state index in [1.54, 1.807) is 0 Å². The van der Waals surface area contributed by atoms with Crippen molar-refractivity contribution >= 4 is 11.4 Å². The maximum Gasteiger partial charge on any atom is 0.0740 e. The summed E-state index contributed by atoms with van der Waals surface area (Å²) in [6, 6.07) is 20.8. The number of nitrogens with zero attached hydrogens (tertiary/aromatic N) is 2. The molecule has 2 aromatic rings. The Morgan fingerprint density at radius 1 is 0.632 bits per heavy atom. The van der Waals surface area contributed by atoms with Gasteiger partial charge < -0.3 is 0 Å². The van der Waals surface area contributed by atoms with Gasteiger partial charge in [-0.3, -0.25) is 0 Å². The van der Waals surface area contributed by atoms with Crippen molar-refractivity contribution in [1.82, 2.24) is 0 Å². The second kappa shape index (κ2) is 4.16. The van der Waals surface area contributed by atoms with Crippen molar-refractivity contribution in [2.45, 2.75) is 6.42 Å². The summed E-state index contributed by atoms with van der Waals surface area (Å²) in [4.78, 5) is 0. The third-order valence-electron chi connectivity index (χ3n) is 3.90. The minimum absolute atomic E-state index is 0.565. The summed E-state index contributed by atoms with van der Waals surface area (Å²) in [7, 11) is 0. The Morgan fingerprint density at radius 3 is 1.47 bits per heavy atom. The van der Waals surface area contributed by atoms with Crippen LogP contribution >= 0.6 is 0 Å². The molecule has 0 amide bonds. The van der Waals surface area contributed by atoms with Gasteiger partial charge in [0.15, 0.2) is 0 Å². The van der Waals surface area contributed by atoms with Crippen molar-refractivity contribution in [1.29, 1.82) is 0 Å². The van der Waals surface area contributed by atoms with E-state index in [2.05, 4.69) is 58.7 Å². The van der Waals surface area contributed by atoms with Crippen LogP contribution in [0.4, 0.5) is 0 Å². The van der Waals surface area contributed by atoms with Crippen molar-refractivity contribution < 1.29 is 0 Å². The Morgan fingerprint density at radius 2 is 1.05 bits per heavy atom. The van der Waals surface area contributed by atoms with Gasteiger partial charge in [0.1, 0.15) is 0 Å². The lowest BCUT2D eigenvalue weighted by Crippen LogP contribution is -2.15. The second-order valence-corrected chi connectivity index (χ2v) is 5.15. The SMILES string of the molecule is c1ccc(C2=NN=C(c3ccccc3)[C@@H]3C[C@@H]23)cc1. The number of rotatable bonds is 2. The van der Waals surface area contributed by atoms with Gasteiger partial charge in [-0.05, 0) is 17.5 Å². The smallest absolute Gasteiger partial charge is 0.0740 e. The van der Waals surface area contributed by atoms with Crippen molar-refractivity contribution in [3.05, 3.63) is 71.8 Å². The molecule has 1 saturated carbocycles. The molecule has 0 saturated heterocycles. The van der Waals surface area contributed by atoms with E-state index in [1.807, 2.05) is 12.1 Å². The van der Waals surface area contributed by atoms with Crippen LogP contribution in [0.15, 0.2) is 70.9 Å². The Labute approximate surface area is 112 Å². The summed E-state index contributed by atoms with van der Waals surface area (Å²) in [6.45, 7) is 0. The van der Waals surface area contributed by atoms with Crippen molar-refractivity contribution in [2.24, 2.45) is 22.0 Å². The predicted octanol–water partition coefficient (Wildman–Crippen LogP) is 3.53. The van der Waals surface area contributed by atoms with Crippen LogP contribution in [0.3, 0.4) is 0 Å². The monoisotopic (exact) mass is 246 g/mol. The van der Waals surface area contributed by atoms with Gasteiger partial charge in [-0.15, -0.1) is 0 Å². The minimum atomic E-state index is 0.565. The highest BCUT2D eigenvalue weighted by Gasteiger charge is 2.47. The predicted molar refractivity (Wildman–Crippen MR) is 77.6 cm³/mol. The number of benzene rings is 2. The van der Waals surface area contributed by atoms with Gasteiger partial charge in [-0.2, -0.15) is 10.2 Å². The molecule has 0 unspecified atom stereocenters. The molecular weight excluding hydrogens is 232 g/mol. The second-order valence-electron chi connectivity index (χ2n) is 5.15. The summed E-state index contributed by atoms with van der Waals surface area (Å²) in [6.07, 6.45) is 1.18. The third kappa shape index (κ3) is 1.80. The summed E-state index contributed by atoms with van der Waals surface area (Å²) < 4.78 is 0. The fraction of sp³-hybridized carbons (Fsp3) is 0.176. The van der Waals surface area contributed by atoms with E-state index in [1.165, 1.54) is 17.5 Å². The molecule has 4 rings (SSSR count). The van der Waals surface area contributed by atoms with Gasteiger partial charge in [-0.1, -0.05) is 60.7 Å².